The second-order valence-corrected chi connectivity index (χ2v) is 9.81. The molecule has 1 atom stereocenters. The van der Waals surface area contributed by atoms with Crippen LogP contribution in [0.1, 0.15) is 19.5 Å². The number of hydrogen-bond donors (Lipinski definition) is 1. The van der Waals surface area contributed by atoms with Gasteiger partial charge in [0.05, 0.1) is 17.1 Å². The minimum absolute atomic E-state index is 0.266. The number of anilines is 3. The van der Waals surface area contributed by atoms with Gasteiger partial charge in [0.1, 0.15) is 23.3 Å². The average molecular weight is 509 g/mol. The van der Waals surface area contributed by atoms with E-state index >= 15 is 0 Å². The van der Waals surface area contributed by atoms with Crippen LogP contribution in [0.4, 0.5) is 21.0 Å². The first-order valence-electron chi connectivity index (χ1n) is 12.0. The van der Waals surface area contributed by atoms with Gasteiger partial charge in [0.15, 0.2) is 5.13 Å². The summed E-state index contributed by atoms with van der Waals surface area (Å²) in [6.07, 6.45) is 2.89. The van der Waals surface area contributed by atoms with Crippen LogP contribution < -0.4 is 9.80 Å². The molecular weight excluding hydrogens is 479 g/mol. The zero-order valence-electron chi connectivity index (χ0n) is 20.6. The summed E-state index contributed by atoms with van der Waals surface area (Å²) in [6.45, 7) is 6.76. The zero-order chi connectivity index (χ0) is 25.4. The lowest BCUT2D eigenvalue weighted by Crippen LogP contribution is -2.51. The Balaban J connectivity index is 1.43. The van der Waals surface area contributed by atoms with Crippen molar-refractivity contribution in [1.29, 1.82) is 0 Å². The lowest BCUT2D eigenvalue weighted by Gasteiger charge is -2.37. The van der Waals surface area contributed by atoms with Crippen LogP contribution in [0.25, 0.3) is 16.9 Å². The number of pyridine rings is 1. The van der Waals surface area contributed by atoms with Gasteiger partial charge in [-0.3, -0.25) is 14.1 Å². The SMILES string of the molecule is CCc1nc2ccc(N3CCN(C(C)C(=O)O)CC3)cn2c1N(C)c1nc(-c2ccc(F)cc2)cs1. The molecule has 4 aromatic rings. The number of hydrogen-bond acceptors (Lipinski definition) is 7. The molecular formula is C26H29FN6O2S. The van der Waals surface area contributed by atoms with Crippen molar-refractivity contribution in [2.24, 2.45) is 0 Å². The van der Waals surface area contributed by atoms with Gasteiger partial charge in [-0.15, -0.1) is 11.3 Å². The minimum atomic E-state index is -0.784. The number of halogens is 1. The second-order valence-electron chi connectivity index (χ2n) is 8.97. The number of aromatic nitrogens is 3. The van der Waals surface area contributed by atoms with E-state index in [1.165, 1.54) is 23.5 Å². The number of imidazole rings is 1. The topological polar surface area (TPSA) is 77.2 Å². The highest BCUT2D eigenvalue weighted by molar-refractivity contribution is 7.14. The fraction of sp³-hybridized carbons (Fsp3) is 0.346. The number of aliphatic carboxylic acids is 1. The van der Waals surface area contributed by atoms with E-state index in [0.717, 1.165) is 58.7 Å². The molecule has 1 unspecified atom stereocenters. The van der Waals surface area contributed by atoms with Gasteiger partial charge in [0.25, 0.3) is 0 Å². The Kier molecular flexibility index (Phi) is 6.63. The number of piperazine rings is 1. The maximum absolute atomic E-state index is 13.3. The lowest BCUT2D eigenvalue weighted by molar-refractivity contribution is -0.142. The minimum Gasteiger partial charge on any atom is -0.480 e. The van der Waals surface area contributed by atoms with E-state index in [-0.39, 0.29) is 5.82 Å². The molecule has 0 spiro atoms. The van der Waals surface area contributed by atoms with Gasteiger partial charge in [-0.05, 0) is 49.7 Å². The van der Waals surface area contributed by atoms with E-state index in [1.807, 2.05) is 23.4 Å². The molecule has 1 saturated heterocycles. The first-order valence-corrected chi connectivity index (χ1v) is 12.9. The first kappa shape index (κ1) is 24.2. The third kappa shape index (κ3) is 4.54. The molecule has 36 heavy (non-hydrogen) atoms. The van der Waals surface area contributed by atoms with Crippen LogP contribution in [-0.2, 0) is 11.2 Å². The predicted molar refractivity (Wildman–Crippen MR) is 141 cm³/mol. The molecule has 0 radical (unpaired) electrons. The molecule has 3 aromatic heterocycles. The highest BCUT2D eigenvalue weighted by atomic mass is 32.1. The Morgan fingerprint density at radius 3 is 2.53 bits per heavy atom. The van der Waals surface area contributed by atoms with E-state index in [4.69, 9.17) is 9.97 Å². The molecule has 5 rings (SSSR count). The van der Waals surface area contributed by atoms with Crippen LogP contribution in [-0.4, -0.2) is 69.6 Å². The number of carbonyl (C=O) groups is 1. The van der Waals surface area contributed by atoms with Crippen LogP contribution in [0.3, 0.4) is 0 Å². The van der Waals surface area contributed by atoms with E-state index in [2.05, 4.69) is 33.4 Å². The van der Waals surface area contributed by atoms with Crippen molar-refractivity contribution in [2.45, 2.75) is 26.3 Å². The number of rotatable bonds is 7. The van der Waals surface area contributed by atoms with E-state index in [9.17, 15) is 14.3 Å². The summed E-state index contributed by atoms with van der Waals surface area (Å²) in [4.78, 5) is 27.4. The quantitative estimate of drug-likeness (QED) is 0.393. The second kappa shape index (κ2) is 9.87. The molecule has 1 aliphatic heterocycles. The highest BCUT2D eigenvalue weighted by Gasteiger charge is 2.26. The number of fused-ring (bicyclic) bond motifs is 1. The number of benzene rings is 1. The number of thiazole rings is 1. The maximum atomic E-state index is 13.3. The van der Waals surface area contributed by atoms with Crippen molar-refractivity contribution in [3.8, 4) is 11.3 Å². The molecule has 1 aliphatic rings. The summed E-state index contributed by atoms with van der Waals surface area (Å²) >= 11 is 1.54. The van der Waals surface area contributed by atoms with Crippen molar-refractivity contribution in [3.63, 3.8) is 0 Å². The van der Waals surface area contributed by atoms with E-state index in [0.29, 0.717) is 13.1 Å². The van der Waals surface area contributed by atoms with Crippen molar-refractivity contribution in [1.82, 2.24) is 19.3 Å². The molecule has 1 N–H and O–H groups in total. The Bertz CT molecular complexity index is 1380. The summed E-state index contributed by atoms with van der Waals surface area (Å²) in [6, 6.07) is 10.0. The number of carboxylic acid groups (broad SMARTS) is 1. The van der Waals surface area contributed by atoms with Gasteiger partial charge >= 0.3 is 5.97 Å². The first-order chi connectivity index (χ1) is 17.4. The van der Waals surface area contributed by atoms with Crippen LogP contribution in [0, 0.1) is 5.82 Å². The normalized spacial score (nSPS) is 15.4. The van der Waals surface area contributed by atoms with Crippen LogP contribution in [0.15, 0.2) is 48.0 Å². The van der Waals surface area contributed by atoms with Gasteiger partial charge in [0, 0.05) is 50.4 Å². The predicted octanol–water partition coefficient (Wildman–Crippen LogP) is 4.52. The van der Waals surface area contributed by atoms with Crippen molar-refractivity contribution >= 4 is 39.6 Å². The highest BCUT2D eigenvalue weighted by Crippen LogP contribution is 2.34. The molecule has 0 saturated carbocycles. The van der Waals surface area contributed by atoms with Gasteiger partial charge in [-0.25, -0.2) is 14.4 Å². The molecule has 4 heterocycles. The van der Waals surface area contributed by atoms with Crippen molar-refractivity contribution < 1.29 is 14.3 Å². The number of carboxylic acids is 1. The van der Waals surface area contributed by atoms with Gasteiger partial charge in [0.2, 0.25) is 0 Å². The molecule has 1 fully saturated rings. The molecule has 10 heteroatoms. The molecule has 0 bridgehead atoms. The summed E-state index contributed by atoms with van der Waals surface area (Å²) in [5.41, 5.74) is 4.60. The summed E-state index contributed by atoms with van der Waals surface area (Å²) < 4.78 is 15.5. The number of aryl methyl sites for hydroxylation is 1. The maximum Gasteiger partial charge on any atom is 0.320 e. The van der Waals surface area contributed by atoms with Crippen molar-refractivity contribution in [2.75, 3.05) is 43.0 Å². The Morgan fingerprint density at radius 2 is 1.86 bits per heavy atom. The van der Waals surface area contributed by atoms with Crippen molar-refractivity contribution in [3.05, 3.63) is 59.5 Å². The fourth-order valence-corrected chi connectivity index (χ4v) is 5.44. The molecule has 8 nitrogen and oxygen atoms in total. The average Bonchev–Trinajstić information content (AvgIpc) is 3.53. The molecule has 1 aromatic carbocycles. The van der Waals surface area contributed by atoms with Gasteiger partial charge < -0.3 is 14.9 Å². The standard InChI is InChI=1S/C26H29FN6O2S/c1-4-21-24(30(3)26-29-22(16-36-26)18-5-7-19(27)8-6-18)33-15-20(9-10-23(33)28-21)32-13-11-31(12-14-32)17(2)25(34)35/h5-10,15-17H,4,11-14H2,1-3H3,(H,34,35). The largest absolute Gasteiger partial charge is 0.480 e. The molecule has 0 aliphatic carbocycles. The van der Waals surface area contributed by atoms with Crippen LogP contribution in [0.5, 0.6) is 0 Å². The summed E-state index contributed by atoms with van der Waals surface area (Å²) in [7, 11) is 1.99. The monoisotopic (exact) mass is 508 g/mol. The third-order valence-corrected chi connectivity index (χ3v) is 7.72. The lowest BCUT2D eigenvalue weighted by atomic mass is 10.2. The molecule has 0 amide bonds. The van der Waals surface area contributed by atoms with E-state index < -0.39 is 12.0 Å². The van der Waals surface area contributed by atoms with Gasteiger partial charge in [-0.2, -0.15) is 0 Å². The fourth-order valence-electron chi connectivity index (χ4n) is 4.63. The summed E-state index contributed by atoms with van der Waals surface area (Å²) in [5.74, 6) is -0.0847. The molecule has 188 valence electrons. The Hall–Kier alpha value is -3.50. The zero-order valence-corrected chi connectivity index (χ0v) is 21.4. The smallest absolute Gasteiger partial charge is 0.320 e. The van der Waals surface area contributed by atoms with Crippen LogP contribution >= 0.6 is 11.3 Å². The Morgan fingerprint density at radius 1 is 1.14 bits per heavy atom. The summed E-state index contributed by atoms with van der Waals surface area (Å²) in [5, 5.41) is 12.1. The number of nitrogens with zero attached hydrogens (tertiary/aromatic N) is 6. The van der Waals surface area contributed by atoms with Crippen LogP contribution in [0.2, 0.25) is 0 Å². The van der Waals surface area contributed by atoms with Gasteiger partial charge in [-0.1, -0.05) is 6.92 Å². The Labute approximate surface area is 213 Å². The van der Waals surface area contributed by atoms with E-state index in [1.54, 1.807) is 19.1 Å². The third-order valence-electron chi connectivity index (χ3n) is 6.80.